The van der Waals surface area contributed by atoms with Gasteiger partial charge in [-0.3, -0.25) is 0 Å². The average molecular weight is 75.9 g/mol. The molecule has 0 saturated carbocycles. The molecule has 0 aliphatic carbocycles. The fourth-order valence-electron chi connectivity index (χ4n) is 0. The molecule has 30 valence electrons. The van der Waals surface area contributed by atoms with Crippen LogP contribution in [0.3, 0.4) is 0 Å². The third-order valence-corrected chi connectivity index (χ3v) is 0. The van der Waals surface area contributed by atoms with Gasteiger partial charge in [0.2, 0.25) is 0 Å². The van der Waals surface area contributed by atoms with Crippen LogP contribution in [0.1, 0.15) is 0 Å². The predicted molar refractivity (Wildman–Crippen MR) is 16.1 cm³/mol. The van der Waals surface area contributed by atoms with Gasteiger partial charge in [0.25, 0.3) is 0 Å². The quantitative estimate of drug-likeness (QED) is 0.313. The van der Waals surface area contributed by atoms with Crippen molar-refractivity contribution in [3.8, 4) is 0 Å². The Morgan fingerprint density at radius 1 is 1.40 bits per heavy atom. The fraction of sp³-hybridized carbons (Fsp3) is 1.00. The summed E-state index contributed by atoms with van der Waals surface area (Å²) >= 11 is 0. The molecule has 0 bridgehead atoms. The summed E-state index contributed by atoms with van der Waals surface area (Å²) in [5.74, 6) is 0. The molecule has 0 rings (SSSR count). The van der Waals surface area contributed by atoms with Crippen molar-refractivity contribution in [1.29, 1.82) is 0 Å². The van der Waals surface area contributed by atoms with Crippen LogP contribution in [0.5, 0.6) is 0 Å². The Hall–Kier alpha value is -0.0551. The molecule has 0 amide bonds. The van der Waals surface area contributed by atoms with Gasteiger partial charge in [-0.1, -0.05) is 0 Å². The van der Waals surface area contributed by atoms with Crippen LogP contribution in [-0.4, -0.2) is 24.8 Å². The van der Waals surface area contributed by atoms with Gasteiger partial charge in [0.1, 0.15) is 0 Å². The average Bonchev–Trinajstić information content (AvgIpc) is 1.46. The molecule has 0 radical (unpaired) electrons. The van der Waals surface area contributed by atoms with Gasteiger partial charge >= 0.3 is 17.7 Å². The van der Waals surface area contributed by atoms with Crippen LogP contribution in [0.15, 0.2) is 0 Å². The SMILES string of the molecule is C[O-].O[B+]O. The van der Waals surface area contributed by atoms with Crippen molar-refractivity contribution in [2.75, 3.05) is 7.11 Å². The zero-order valence-corrected chi connectivity index (χ0v) is 2.88. The zero-order chi connectivity index (χ0) is 4.71. The van der Waals surface area contributed by atoms with Gasteiger partial charge in [0.15, 0.2) is 0 Å². The van der Waals surface area contributed by atoms with Crippen molar-refractivity contribution >= 4 is 7.69 Å². The molecule has 0 aromatic rings. The van der Waals surface area contributed by atoms with Gasteiger partial charge in [0, 0.05) is 0 Å². The van der Waals surface area contributed by atoms with E-state index in [-0.39, 0.29) is 7.69 Å². The van der Waals surface area contributed by atoms with Crippen molar-refractivity contribution in [1.82, 2.24) is 0 Å². The fourth-order valence-corrected chi connectivity index (χ4v) is 0. The molecular weight excluding hydrogens is 70.8 g/mol. The summed E-state index contributed by atoms with van der Waals surface area (Å²) in [5, 5.41) is 22.2. The minimum atomic E-state index is 0. The molecule has 0 fully saturated rings. The van der Waals surface area contributed by atoms with Gasteiger partial charge in [-0.2, -0.15) is 7.11 Å². The Morgan fingerprint density at radius 3 is 1.40 bits per heavy atom. The summed E-state index contributed by atoms with van der Waals surface area (Å²) in [6, 6.07) is 0. The van der Waals surface area contributed by atoms with Crippen LogP contribution in [0.2, 0.25) is 0 Å². The molecule has 5 heavy (non-hydrogen) atoms. The van der Waals surface area contributed by atoms with Crippen LogP contribution < -0.4 is 5.11 Å². The van der Waals surface area contributed by atoms with Crippen molar-refractivity contribution in [2.24, 2.45) is 0 Å². The van der Waals surface area contributed by atoms with Crippen LogP contribution in [0.25, 0.3) is 0 Å². The predicted octanol–water partition coefficient (Wildman–Crippen LogP) is -2.52. The summed E-state index contributed by atoms with van der Waals surface area (Å²) < 4.78 is 0. The van der Waals surface area contributed by atoms with Crippen LogP contribution in [0, 0.1) is 0 Å². The Morgan fingerprint density at radius 2 is 1.40 bits per heavy atom. The molecule has 2 N–H and O–H groups in total. The van der Waals surface area contributed by atoms with Crippen LogP contribution >= 0.6 is 0 Å². The van der Waals surface area contributed by atoms with E-state index in [1.807, 2.05) is 0 Å². The van der Waals surface area contributed by atoms with Crippen molar-refractivity contribution in [3.05, 3.63) is 0 Å². The van der Waals surface area contributed by atoms with Gasteiger partial charge in [0.05, 0.1) is 0 Å². The maximum absolute atomic E-state index is 8.25. The Bertz CT molecular complexity index is 6.85. The second kappa shape index (κ2) is 38.3. The maximum atomic E-state index is 8.25. The molecule has 0 aromatic heterocycles. The summed E-state index contributed by atoms with van der Waals surface area (Å²) in [7, 11) is 0.750. The standard InChI is InChI=1S/CH3O.BH2O2/c1-2;2-1-3/h1H3;2-3H/q-1;+1. The van der Waals surface area contributed by atoms with Gasteiger partial charge in [-0.05, 0) is 0 Å². The molecule has 0 heterocycles. The van der Waals surface area contributed by atoms with E-state index in [9.17, 15) is 0 Å². The first-order chi connectivity index (χ1) is 2.41. The minimum absolute atomic E-state index is 0. The van der Waals surface area contributed by atoms with Crippen molar-refractivity contribution < 1.29 is 15.2 Å². The van der Waals surface area contributed by atoms with E-state index in [4.69, 9.17) is 15.2 Å². The summed E-state index contributed by atoms with van der Waals surface area (Å²) in [5.41, 5.74) is 0. The molecule has 0 unspecified atom stereocenters. The molecule has 4 heteroatoms. The van der Waals surface area contributed by atoms with E-state index in [2.05, 4.69) is 0 Å². The normalized spacial score (nSPS) is 3.20. The Labute approximate surface area is 31.2 Å². The third-order valence-electron chi connectivity index (χ3n) is 0. The Balaban J connectivity index is 0. The molecule has 0 saturated heterocycles. The number of rotatable bonds is 0. The summed E-state index contributed by atoms with van der Waals surface area (Å²) in [6.45, 7) is 0. The molecule has 0 aromatic carbocycles. The van der Waals surface area contributed by atoms with Crippen molar-refractivity contribution in [3.63, 3.8) is 0 Å². The van der Waals surface area contributed by atoms with Gasteiger partial charge < -0.3 is 5.11 Å². The zero-order valence-electron chi connectivity index (χ0n) is 2.88. The van der Waals surface area contributed by atoms with Crippen LogP contribution in [-0.2, 0) is 0 Å². The molecule has 3 nitrogen and oxygen atoms in total. The summed E-state index contributed by atoms with van der Waals surface area (Å²) in [6.07, 6.45) is 0. The van der Waals surface area contributed by atoms with E-state index in [0.29, 0.717) is 0 Å². The molecule has 0 atom stereocenters. The summed E-state index contributed by atoms with van der Waals surface area (Å²) in [4.78, 5) is 0. The van der Waals surface area contributed by atoms with E-state index < -0.39 is 0 Å². The van der Waals surface area contributed by atoms with E-state index in [0.717, 1.165) is 7.11 Å². The first kappa shape index (κ1) is 8.87. The Kier molecular flexibility index (Phi) is 68.0. The van der Waals surface area contributed by atoms with E-state index in [1.54, 1.807) is 0 Å². The first-order valence-electron chi connectivity index (χ1n) is 0.925. The monoisotopic (exact) mass is 76.0 g/mol. The second-order valence-electron chi connectivity index (χ2n) is 0.115. The van der Waals surface area contributed by atoms with Crippen molar-refractivity contribution in [2.45, 2.75) is 0 Å². The number of hydrogen-bond donors (Lipinski definition) is 2. The van der Waals surface area contributed by atoms with Gasteiger partial charge in [-0.25, -0.2) is 0 Å². The second-order valence-corrected chi connectivity index (χ2v) is 0.115. The third kappa shape index (κ3) is 4920. The van der Waals surface area contributed by atoms with Crippen LogP contribution in [0.4, 0.5) is 0 Å². The number of hydrogen-bond acceptors (Lipinski definition) is 3. The molecule has 0 spiro atoms. The van der Waals surface area contributed by atoms with Gasteiger partial charge in [-0.15, -0.1) is 0 Å². The molecular formula is CH5BO3. The van der Waals surface area contributed by atoms with E-state index >= 15 is 0 Å². The van der Waals surface area contributed by atoms with E-state index in [1.165, 1.54) is 0 Å². The molecule has 0 aliphatic rings. The first-order valence-corrected chi connectivity index (χ1v) is 0.925. The topological polar surface area (TPSA) is 63.5 Å². The molecule has 0 aliphatic heterocycles.